The van der Waals surface area contributed by atoms with E-state index in [1.165, 1.54) is 0 Å². The highest BCUT2D eigenvalue weighted by Crippen LogP contribution is 2.21. The zero-order chi connectivity index (χ0) is 11.7. The van der Waals surface area contributed by atoms with Crippen LogP contribution >= 0.6 is 11.6 Å². The third-order valence-electron chi connectivity index (χ3n) is 2.70. The van der Waals surface area contributed by atoms with Crippen LogP contribution in [-0.4, -0.2) is 35.3 Å². The Balaban J connectivity index is 2.27. The molecule has 16 heavy (non-hydrogen) atoms. The van der Waals surface area contributed by atoms with Crippen molar-refractivity contribution in [3.8, 4) is 0 Å². The van der Waals surface area contributed by atoms with Crippen molar-refractivity contribution in [2.45, 2.75) is 32.9 Å². The number of aromatic nitrogens is 2. The Bertz CT molecular complexity index is 365. The van der Waals surface area contributed by atoms with Gasteiger partial charge in [-0.25, -0.2) is 9.97 Å². The summed E-state index contributed by atoms with van der Waals surface area (Å²) in [5, 5.41) is 0.494. The van der Waals surface area contributed by atoms with Gasteiger partial charge >= 0.3 is 0 Å². The first kappa shape index (κ1) is 11.6. The highest BCUT2D eigenvalue weighted by molar-refractivity contribution is 6.29. The maximum Gasteiger partial charge on any atom is 0.134 e. The Labute approximate surface area is 101 Å². The summed E-state index contributed by atoms with van der Waals surface area (Å²) < 4.78 is 5.58. The molecule has 0 aliphatic carbocycles. The number of morpholine rings is 1. The van der Waals surface area contributed by atoms with Crippen molar-refractivity contribution in [1.82, 2.24) is 9.97 Å². The highest BCUT2D eigenvalue weighted by atomic mass is 35.5. The molecule has 2 heterocycles. The lowest BCUT2D eigenvalue weighted by atomic mass is 10.2. The summed E-state index contributed by atoms with van der Waals surface area (Å²) in [5.74, 6) is 1.59. The maximum atomic E-state index is 5.94. The van der Waals surface area contributed by atoms with E-state index in [9.17, 15) is 0 Å². The van der Waals surface area contributed by atoms with Crippen molar-refractivity contribution in [2.24, 2.45) is 0 Å². The average Bonchev–Trinajstić information content (AvgIpc) is 2.20. The van der Waals surface area contributed by atoms with Crippen molar-refractivity contribution in [1.29, 1.82) is 0 Å². The molecule has 2 rings (SSSR count). The number of hydrogen-bond acceptors (Lipinski definition) is 4. The van der Waals surface area contributed by atoms with Crippen LogP contribution in [0.25, 0.3) is 0 Å². The monoisotopic (exact) mass is 241 g/mol. The van der Waals surface area contributed by atoms with Crippen LogP contribution in [0.4, 0.5) is 5.82 Å². The highest BCUT2D eigenvalue weighted by Gasteiger charge is 2.24. The van der Waals surface area contributed by atoms with Gasteiger partial charge in [-0.3, -0.25) is 0 Å². The normalized spacial score (nSPS) is 25.9. The van der Waals surface area contributed by atoms with Crippen molar-refractivity contribution >= 4 is 17.4 Å². The standard InChI is InChI=1S/C11H16ClN3O/c1-7-6-16-8(2)5-15(7)11-4-10(12)13-9(3)14-11/h4,7-8H,5-6H2,1-3H3. The van der Waals surface area contributed by atoms with E-state index in [1.807, 2.05) is 13.0 Å². The van der Waals surface area contributed by atoms with Gasteiger partial charge in [0, 0.05) is 12.6 Å². The molecule has 1 aliphatic heterocycles. The van der Waals surface area contributed by atoms with Crippen LogP contribution in [0, 0.1) is 6.92 Å². The van der Waals surface area contributed by atoms with Crippen LogP contribution in [0.1, 0.15) is 19.7 Å². The maximum absolute atomic E-state index is 5.94. The van der Waals surface area contributed by atoms with Gasteiger partial charge in [0.25, 0.3) is 0 Å². The molecule has 4 nitrogen and oxygen atoms in total. The molecular formula is C11H16ClN3O. The average molecular weight is 242 g/mol. The summed E-state index contributed by atoms with van der Waals surface area (Å²) >= 11 is 5.94. The lowest BCUT2D eigenvalue weighted by Gasteiger charge is -2.37. The Morgan fingerprint density at radius 1 is 1.44 bits per heavy atom. The van der Waals surface area contributed by atoms with Crippen LogP contribution in [-0.2, 0) is 4.74 Å². The van der Waals surface area contributed by atoms with Gasteiger partial charge < -0.3 is 9.64 Å². The van der Waals surface area contributed by atoms with Gasteiger partial charge in [0.1, 0.15) is 16.8 Å². The van der Waals surface area contributed by atoms with Crippen LogP contribution < -0.4 is 4.90 Å². The molecule has 2 unspecified atom stereocenters. The predicted molar refractivity (Wildman–Crippen MR) is 64.0 cm³/mol. The Morgan fingerprint density at radius 2 is 2.19 bits per heavy atom. The minimum atomic E-state index is 0.227. The van der Waals surface area contributed by atoms with Gasteiger partial charge in [0.2, 0.25) is 0 Å². The molecule has 0 spiro atoms. The van der Waals surface area contributed by atoms with E-state index in [-0.39, 0.29) is 6.10 Å². The molecule has 5 heteroatoms. The predicted octanol–water partition coefficient (Wildman–Crippen LogP) is 2.05. The zero-order valence-electron chi connectivity index (χ0n) is 9.77. The molecule has 88 valence electrons. The summed E-state index contributed by atoms with van der Waals surface area (Å²) in [6.45, 7) is 7.60. The summed E-state index contributed by atoms with van der Waals surface area (Å²) in [6, 6.07) is 2.13. The lowest BCUT2D eigenvalue weighted by molar-refractivity contribution is 0.0340. The fraction of sp³-hybridized carbons (Fsp3) is 0.636. The quantitative estimate of drug-likeness (QED) is 0.706. The molecule has 0 N–H and O–H groups in total. The SMILES string of the molecule is Cc1nc(Cl)cc(N2CC(C)OCC2C)n1. The molecule has 0 radical (unpaired) electrons. The number of aryl methyl sites for hydroxylation is 1. The minimum Gasteiger partial charge on any atom is -0.375 e. The first-order valence-electron chi connectivity index (χ1n) is 5.45. The topological polar surface area (TPSA) is 38.2 Å². The van der Waals surface area contributed by atoms with Crippen LogP contribution in [0.15, 0.2) is 6.07 Å². The Hall–Kier alpha value is -0.870. The largest absolute Gasteiger partial charge is 0.375 e. The van der Waals surface area contributed by atoms with Gasteiger partial charge in [-0.2, -0.15) is 0 Å². The van der Waals surface area contributed by atoms with Crippen molar-refractivity contribution in [3.05, 3.63) is 17.0 Å². The fourth-order valence-electron chi connectivity index (χ4n) is 1.89. The first-order chi connectivity index (χ1) is 7.56. The fourth-order valence-corrected chi connectivity index (χ4v) is 2.11. The smallest absolute Gasteiger partial charge is 0.134 e. The van der Waals surface area contributed by atoms with E-state index in [0.29, 0.717) is 17.0 Å². The van der Waals surface area contributed by atoms with Gasteiger partial charge in [0.15, 0.2) is 0 Å². The van der Waals surface area contributed by atoms with Gasteiger partial charge in [0.05, 0.1) is 18.8 Å². The Kier molecular flexibility index (Phi) is 3.30. The molecule has 0 aromatic carbocycles. The van der Waals surface area contributed by atoms with E-state index >= 15 is 0 Å². The second-order valence-corrected chi connectivity index (χ2v) is 4.63. The van der Waals surface area contributed by atoms with Crippen LogP contribution in [0.3, 0.4) is 0 Å². The summed E-state index contributed by atoms with van der Waals surface area (Å²) in [6.07, 6.45) is 0.227. The number of ether oxygens (including phenoxy) is 1. The Morgan fingerprint density at radius 3 is 2.88 bits per heavy atom. The number of hydrogen-bond donors (Lipinski definition) is 0. The molecule has 1 aromatic heterocycles. The third-order valence-corrected chi connectivity index (χ3v) is 2.89. The minimum absolute atomic E-state index is 0.227. The van der Waals surface area contributed by atoms with E-state index in [0.717, 1.165) is 19.0 Å². The molecule has 1 fully saturated rings. The molecule has 0 amide bonds. The summed E-state index contributed by atoms with van der Waals surface area (Å²) in [5.41, 5.74) is 0. The van der Waals surface area contributed by atoms with Crippen molar-refractivity contribution < 1.29 is 4.74 Å². The van der Waals surface area contributed by atoms with Crippen LogP contribution in [0.5, 0.6) is 0 Å². The number of halogens is 1. The van der Waals surface area contributed by atoms with E-state index in [1.54, 1.807) is 0 Å². The van der Waals surface area contributed by atoms with Gasteiger partial charge in [-0.1, -0.05) is 11.6 Å². The van der Waals surface area contributed by atoms with E-state index in [2.05, 4.69) is 28.7 Å². The first-order valence-corrected chi connectivity index (χ1v) is 5.83. The van der Waals surface area contributed by atoms with Crippen molar-refractivity contribution in [3.63, 3.8) is 0 Å². The number of anilines is 1. The number of rotatable bonds is 1. The molecule has 0 bridgehead atoms. The third kappa shape index (κ3) is 2.44. The molecule has 1 saturated heterocycles. The molecule has 2 atom stereocenters. The van der Waals surface area contributed by atoms with Gasteiger partial charge in [-0.05, 0) is 20.8 Å². The molecule has 1 aromatic rings. The second kappa shape index (κ2) is 4.55. The number of nitrogens with zero attached hydrogens (tertiary/aromatic N) is 3. The van der Waals surface area contributed by atoms with Gasteiger partial charge in [-0.15, -0.1) is 0 Å². The zero-order valence-corrected chi connectivity index (χ0v) is 10.5. The molecule has 0 saturated carbocycles. The van der Waals surface area contributed by atoms with Crippen molar-refractivity contribution in [2.75, 3.05) is 18.1 Å². The summed E-state index contributed by atoms with van der Waals surface area (Å²) in [4.78, 5) is 10.7. The van der Waals surface area contributed by atoms with E-state index in [4.69, 9.17) is 16.3 Å². The van der Waals surface area contributed by atoms with Crippen LogP contribution in [0.2, 0.25) is 5.15 Å². The second-order valence-electron chi connectivity index (χ2n) is 4.24. The summed E-state index contributed by atoms with van der Waals surface area (Å²) in [7, 11) is 0. The lowest BCUT2D eigenvalue weighted by Crippen LogP contribution is -2.47. The molecule has 1 aliphatic rings. The molecular weight excluding hydrogens is 226 g/mol. The van der Waals surface area contributed by atoms with E-state index < -0.39 is 0 Å².